The molecule has 0 saturated heterocycles. The van der Waals surface area contributed by atoms with Crippen molar-refractivity contribution in [1.82, 2.24) is 4.57 Å². The highest BCUT2D eigenvalue weighted by atomic mass is 16.3. The van der Waals surface area contributed by atoms with Gasteiger partial charge < -0.3 is 10.4 Å². The normalized spacial score (nSPS) is 12.5. The smallest absolute Gasteiger partial charge is 0.251 e. The Bertz CT molecular complexity index is 344. The molecule has 0 bridgehead atoms. The predicted molar refractivity (Wildman–Crippen MR) is 56.5 cm³/mol. The van der Waals surface area contributed by atoms with E-state index in [1.165, 1.54) is 6.07 Å². The molecule has 0 amide bonds. The van der Waals surface area contributed by atoms with E-state index in [2.05, 4.69) is 5.32 Å². The largest absolute Gasteiger partial charge is 0.393 e. The number of anilines is 1. The summed E-state index contributed by atoms with van der Waals surface area (Å²) in [7, 11) is 1.72. The highest BCUT2D eigenvalue weighted by Gasteiger charge is 1.99. The van der Waals surface area contributed by atoms with E-state index in [-0.39, 0.29) is 11.7 Å². The molecular formula is C10H16N2O2. The van der Waals surface area contributed by atoms with Crippen LogP contribution in [0.4, 0.5) is 5.82 Å². The predicted octanol–water partition coefficient (Wildman–Crippen LogP) is 0.568. The molecule has 0 aromatic carbocycles. The summed E-state index contributed by atoms with van der Waals surface area (Å²) < 4.78 is 1.54. The van der Waals surface area contributed by atoms with Crippen LogP contribution in [0.5, 0.6) is 0 Å². The number of aliphatic hydroxyl groups is 1. The lowest BCUT2D eigenvalue weighted by Gasteiger charge is -2.10. The van der Waals surface area contributed by atoms with Crippen molar-refractivity contribution in [2.75, 3.05) is 11.9 Å². The molecule has 1 heterocycles. The van der Waals surface area contributed by atoms with E-state index in [9.17, 15) is 4.79 Å². The summed E-state index contributed by atoms with van der Waals surface area (Å²) in [6.07, 6.45) is 0.353. The molecular weight excluding hydrogens is 180 g/mol. The fraction of sp³-hybridized carbons (Fsp3) is 0.500. The number of aliphatic hydroxyl groups excluding tert-OH is 1. The molecule has 4 heteroatoms. The van der Waals surface area contributed by atoms with Crippen LogP contribution >= 0.6 is 0 Å². The molecule has 1 aromatic rings. The average Bonchev–Trinajstić information content (AvgIpc) is 2.12. The first-order valence-electron chi connectivity index (χ1n) is 4.69. The second-order valence-electron chi connectivity index (χ2n) is 3.37. The molecule has 2 N–H and O–H groups in total. The van der Waals surface area contributed by atoms with Crippen LogP contribution in [-0.4, -0.2) is 22.3 Å². The highest BCUT2D eigenvalue weighted by molar-refractivity contribution is 5.34. The lowest BCUT2D eigenvalue weighted by molar-refractivity contribution is 0.188. The summed E-state index contributed by atoms with van der Waals surface area (Å²) >= 11 is 0. The number of pyridine rings is 1. The second kappa shape index (κ2) is 4.81. The summed E-state index contributed by atoms with van der Waals surface area (Å²) in [4.78, 5) is 11.2. The maximum Gasteiger partial charge on any atom is 0.251 e. The monoisotopic (exact) mass is 196 g/mol. The molecule has 1 rings (SSSR count). The lowest BCUT2D eigenvalue weighted by atomic mass is 10.3. The van der Waals surface area contributed by atoms with Crippen molar-refractivity contribution in [2.45, 2.75) is 19.4 Å². The van der Waals surface area contributed by atoms with E-state index in [4.69, 9.17) is 5.11 Å². The highest BCUT2D eigenvalue weighted by Crippen LogP contribution is 2.01. The Kier molecular flexibility index (Phi) is 3.71. The molecule has 1 aromatic heterocycles. The van der Waals surface area contributed by atoms with Crippen LogP contribution in [0, 0.1) is 0 Å². The Morgan fingerprint density at radius 1 is 1.57 bits per heavy atom. The maximum absolute atomic E-state index is 11.2. The summed E-state index contributed by atoms with van der Waals surface area (Å²) in [5.74, 6) is 0.776. The zero-order chi connectivity index (χ0) is 10.6. The Hall–Kier alpha value is -1.29. The molecule has 0 radical (unpaired) electrons. The minimum Gasteiger partial charge on any atom is -0.393 e. The van der Waals surface area contributed by atoms with Crippen LogP contribution in [0.2, 0.25) is 0 Å². The summed E-state index contributed by atoms with van der Waals surface area (Å²) in [5.41, 5.74) is -0.0351. The minimum absolute atomic E-state index is 0.0351. The van der Waals surface area contributed by atoms with E-state index < -0.39 is 0 Å². The Balaban J connectivity index is 2.59. The molecule has 4 nitrogen and oxygen atoms in total. The van der Waals surface area contributed by atoms with Crippen LogP contribution in [0.1, 0.15) is 13.3 Å². The first-order valence-corrected chi connectivity index (χ1v) is 4.69. The van der Waals surface area contributed by atoms with Crippen LogP contribution < -0.4 is 10.9 Å². The summed E-state index contributed by atoms with van der Waals surface area (Å²) in [6.45, 7) is 2.40. The zero-order valence-corrected chi connectivity index (χ0v) is 8.53. The number of hydrogen-bond donors (Lipinski definition) is 2. The van der Waals surface area contributed by atoms with Crippen molar-refractivity contribution in [3.8, 4) is 0 Å². The maximum atomic E-state index is 11.2. The molecule has 1 atom stereocenters. The van der Waals surface area contributed by atoms with Gasteiger partial charge >= 0.3 is 0 Å². The third-order valence-electron chi connectivity index (χ3n) is 2.05. The topological polar surface area (TPSA) is 54.3 Å². The number of hydrogen-bond acceptors (Lipinski definition) is 3. The van der Waals surface area contributed by atoms with E-state index in [1.807, 2.05) is 6.07 Å². The molecule has 0 unspecified atom stereocenters. The number of aromatic nitrogens is 1. The standard InChI is InChI=1S/C10H16N2O2/c1-8(13)6-7-11-9-4-3-5-10(14)12(9)2/h3-5,8,11,13H,6-7H2,1-2H3/t8-/m0/s1. The van der Waals surface area contributed by atoms with Crippen molar-refractivity contribution in [1.29, 1.82) is 0 Å². The third kappa shape index (κ3) is 2.88. The van der Waals surface area contributed by atoms with Gasteiger partial charge in [0, 0.05) is 19.7 Å². The molecule has 0 spiro atoms. The Morgan fingerprint density at radius 2 is 2.29 bits per heavy atom. The van der Waals surface area contributed by atoms with Gasteiger partial charge in [0.1, 0.15) is 5.82 Å². The van der Waals surface area contributed by atoms with E-state index >= 15 is 0 Å². The number of nitrogens with one attached hydrogen (secondary N) is 1. The van der Waals surface area contributed by atoms with Gasteiger partial charge in [-0.3, -0.25) is 9.36 Å². The van der Waals surface area contributed by atoms with Crippen molar-refractivity contribution in [2.24, 2.45) is 7.05 Å². The molecule has 0 saturated carbocycles. The van der Waals surface area contributed by atoms with Crippen LogP contribution in [-0.2, 0) is 7.05 Å². The minimum atomic E-state index is -0.316. The van der Waals surface area contributed by atoms with E-state index in [1.54, 1.807) is 24.6 Å². The van der Waals surface area contributed by atoms with E-state index in [0.717, 1.165) is 5.82 Å². The first-order chi connectivity index (χ1) is 6.61. The molecule has 0 aliphatic carbocycles. The van der Waals surface area contributed by atoms with Gasteiger partial charge in [-0.1, -0.05) is 6.07 Å². The van der Waals surface area contributed by atoms with Gasteiger partial charge in [0.05, 0.1) is 6.10 Å². The van der Waals surface area contributed by atoms with Gasteiger partial charge in [0.15, 0.2) is 0 Å². The summed E-state index contributed by atoms with van der Waals surface area (Å²) in [5, 5.41) is 12.1. The fourth-order valence-corrected chi connectivity index (χ4v) is 1.15. The SMILES string of the molecule is C[C@H](O)CCNc1cccc(=O)n1C. The van der Waals surface area contributed by atoms with Crippen molar-refractivity contribution < 1.29 is 5.11 Å². The quantitative estimate of drug-likeness (QED) is 0.740. The molecule has 14 heavy (non-hydrogen) atoms. The van der Waals surface area contributed by atoms with Crippen molar-refractivity contribution >= 4 is 5.82 Å². The van der Waals surface area contributed by atoms with Crippen LogP contribution in [0.3, 0.4) is 0 Å². The number of rotatable bonds is 4. The third-order valence-corrected chi connectivity index (χ3v) is 2.05. The Morgan fingerprint density at radius 3 is 2.93 bits per heavy atom. The lowest BCUT2D eigenvalue weighted by Crippen LogP contribution is -2.20. The average molecular weight is 196 g/mol. The fourth-order valence-electron chi connectivity index (χ4n) is 1.15. The van der Waals surface area contributed by atoms with Gasteiger partial charge in [-0.05, 0) is 19.4 Å². The van der Waals surface area contributed by atoms with Gasteiger partial charge in [0.25, 0.3) is 5.56 Å². The molecule has 78 valence electrons. The van der Waals surface area contributed by atoms with Crippen LogP contribution in [0.25, 0.3) is 0 Å². The van der Waals surface area contributed by atoms with Gasteiger partial charge in [-0.25, -0.2) is 0 Å². The Labute approximate surface area is 83.2 Å². The zero-order valence-electron chi connectivity index (χ0n) is 8.53. The van der Waals surface area contributed by atoms with E-state index in [0.29, 0.717) is 13.0 Å². The van der Waals surface area contributed by atoms with Crippen molar-refractivity contribution in [3.63, 3.8) is 0 Å². The van der Waals surface area contributed by atoms with Crippen molar-refractivity contribution in [3.05, 3.63) is 28.6 Å². The molecule has 0 aliphatic heterocycles. The second-order valence-corrected chi connectivity index (χ2v) is 3.37. The van der Waals surface area contributed by atoms with Gasteiger partial charge in [0.2, 0.25) is 0 Å². The first kappa shape index (κ1) is 10.8. The van der Waals surface area contributed by atoms with Crippen LogP contribution in [0.15, 0.2) is 23.0 Å². The molecule has 0 fully saturated rings. The summed E-state index contributed by atoms with van der Waals surface area (Å²) in [6, 6.07) is 5.07. The van der Waals surface area contributed by atoms with Gasteiger partial charge in [-0.15, -0.1) is 0 Å². The van der Waals surface area contributed by atoms with Gasteiger partial charge in [-0.2, -0.15) is 0 Å². The molecule has 0 aliphatic rings. The number of nitrogens with zero attached hydrogens (tertiary/aromatic N) is 1.